The lowest BCUT2D eigenvalue weighted by Crippen LogP contribution is -2.02. The monoisotopic (exact) mass is 258 g/mol. The fourth-order valence-electron chi connectivity index (χ4n) is 1.74. The number of aromatic nitrogens is 1. The van der Waals surface area contributed by atoms with Gasteiger partial charge in [0, 0.05) is 30.1 Å². The van der Waals surface area contributed by atoms with Crippen LogP contribution in [0.1, 0.15) is 18.2 Å². The molecular formula is C15H18N2O2. The van der Waals surface area contributed by atoms with Crippen molar-refractivity contribution in [1.29, 1.82) is 0 Å². The fraction of sp³-hybridized carbons (Fsp3) is 0.267. The normalized spacial score (nSPS) is 10.3. The van der Waals surface area contributed by atoms with E-state index in [1.165, 1.54) is 0 Å². The summed E-state index contributed by atoms with van der Waals surface area (Å²) in [4.78, 5) is 4.22. The van der Waals surface area contributed by atoms with E-state index < -0.39 is 0 Å². The van der Waals surface area contributed by atoms with Gasteiger partial charge in [0.05, 0.1) is 6.61 Å². The summed E-state index contributed by atoms with van der Waals surface area (Å²) in [6.07, 6.45) is 1.74. The van der Waals surface area contributed by atoms with Crippen molar-refractivity contribution in [3.05, 3.63) is 47.8 Å². The zero-order valence-corrected chi connectivity index (χ0v) is 11.2. The quantitative estimate of drug-likeness (QED) is 0.895. The van der Waals surface area contributed by atoms with Gasteiger partial charge in [0.25, 0.3) is 0 Å². The van der Waals surface area contributed by atoms with E-state index in [-0.39, 0.29) is 0 Å². The standard InChI is InChI=1S/C15H18N2O2/c1-3-18-13-6-4-5-7-14(13)19-15-8-11(2)17-10-12(15)9-16/h4-8,10H,3,9,16H2,1-2H3. The molecule has 0 aliphatic carbocycles. The predicted molar refractivity (Wildman–Crippen MR) is 74.6 cm³/mol. The van der Waals surface area contributed by atoms with Crippen LogP contribution in [0.25, 0.3) is 0 Å². The van der Waals surface area contributed by atoms with Crippen molar-refractivity contribution >= 4 is 0 Å². The first-order valence-electron chi connectivity index (χ1n) is 6.30. The minimum Gasteiger partial charge on any atom is -0.490 e. The van der Waals surface area contributed by atoms with E-state index in [4.69, 9.17) is 15.2 Å². The van der Waals surface area contributed by atoms with Gasteiger partial charge >= 0.3 is 0 Å². The molecule has 4 nitrogen and oxygen atoms in total. The number of para-hydroxylation sites is 2. The van der Waals surface area contributed by atoms with Crippen LogP contribution in [-0.4, -0.2) is 11.6 Å². The molecule has 19 heavy (non-hydrogen) atoms. The SMILES string of the molecule is CCOc1ccccc1Oc1cc(C)ncc1CN. The van der Waals surface area contributed by atoms with Crippen molar-refractivity contribution in [2.75, 3.05) is 6.61 Å². The van der Waals surface area contributed by atoms with Crippen LogP contribution in [0, 0.1) is 6.92 Å². The van der Waals surface area contributed by atoms with Crippen molar-refractivity contribution in [3.63, 3.8) is 0 Å². The molecule has 0 saturated heterocycles. The van der Waals surface area contributed by atoms with Crippen molar-refractivity contribution in [2.45, 2.75) is 20.4 Å². The van der Waals surface area contributed by atoms with Crippen LogP contribution in [0.15, 0.2) is 36.5 Å². The maximum atomic E-state index is 5.92. The van der Waals surface area contributed by atoms with Gasteiger partial charge in [-0.1, -0.05) is 12.1 Å². The largest absolute Gasteiger partial charge is 0.490 e. The highest BCUT2D eigenvalue weighted by Gasteiger charge is 2.09. The van der Waals surface area contributed by atoms with Gasteiger partial charge in [0.2, 0.25) is 0 Å². The van der Waals surface area contributed by atoms with Crippen LogP contribution in [-0.2, 0) is 6.54 Å². The summed E-state index contributed by atoms with van der Waals surface area (Å²) in [7, 11) is 0. The first-order valence-corrected chi connectivity index (χ1v) is 6.30. The number of nitrogens with zero attached hydrogens (tertiary/aromatic N) is 1. The van der Waals surface area contributed by atoms with Gasteiger partial charge in [-0.05, 0) is 26.0 Å². The van der Waals surface area contributed by atoms with E-state index in [9.17, 15) is 0 Å². The highest BCUT2D eigenvalue weighted by atomic mass is 16.5. The summed E-state index contributed by atoms with van der Waals surface area (Å²) < 4.78 is 11.5. The average molecular weight is 258 g/mol. The number of hydrogen-bond acceptors (Lipinski definition) is 4. The molecule has 0 atom stereocenters. The van der Waals surface area contributed by atoms with Gasteiger partial charge < -0.3 is 15.2 Å². The van der Waals surface area contributed by atoms with Gasteiger partial charge in [0.15, 0.2) is 11.5 Å². The van der Waals surface area contributed by atoms with E-state index in [0.29, 0.717) is 18.9 Å². The maximum Gasteiger partial charge on any atom is 0.169 e. The molecule has 2 rings (SSSR count). The van der Waals surface area contributed by atoms with E-state index in [1.807, 2.05) is 44.2 Å². The molecule has 0 bridgehead atoms. The van der Waals surface area contributed by atoms with Gasteiger partial charge in [-0.2, -0.15) is 0 Å². The Morgan fingerprint density at radius 2 is 1.89 bits per heavy atom. The van der Waals surface area contributed by atoms with Crippen LogP contribution in [0.2, 0.25) is 0 Å². The molecule has 100 valence electrons. The molecule has 2 aromatic rings. The Morgan fingerprint density at radius 1 is 1.16 bits per heavy atom. The second-order valence-corrected chi connectivity index (χ2v) is 4.12. The minimum atomic E-state index is 0.388. The zero-order chi connectivity index (χ0) is 13.7. The molecule has 0 unspecified atom stereocenters. The Hall–Kier alpha value is -2.07. The second-order valence-electron chi connectivity index (χ2n) is 4.12. The average Bonchev–Trinajstić information content (AvgIpc) is 2.42. The highest BCUT2D eigenvalue weighted by molar-refractivity contribution is 5.44. The van der Waals surface area contributed by atoms with E-state index in [1.54, 1.807) is 6.20 Å². The lowest BCUT2D eigenvalue weighted by atomic mass is 10.2. The van der Waals surface area contributed by atoms with Crippen molar-refractivity contribution in [3.8, 4) is 17.2 Å². The highest BCUT2D eigenvalue weighted by Crippen LogP contribution is 2.32. The Morgan fingerprint density at radius 3 is 2.58 bits per heavy atom. The van der Waals surface area contributed by atoms with Crippen molar-refractivity contribution in [1.82, 2.24) is 4.98 Å². The fourth-order valence-corrected chi connectivity index (χ4v) is 1.74. The Labute approximate surface area is 113 Å². The lowest BCUT2D eigenvalue weighted by Gasteiger charge is -2.13. The summed E-state index contributed by atoms with van der Waals surface area (Å²) in [5.41, 5.74) is 7.46. The molecule has 1 aromatic heterocycles. The number of hydrogen-bond donors (Lipinski definition) is 1. The molecule has 0 fully saturated rings. The van der Waals surface area contributed by atoms with E-state index >= 15 is 0 Å². The molecule has 0 radical (unpaired) electrons. The smallest absolute Gasteiger partial charge is 0.169 e. The molecule has 2 N–H and O–H groups in total. The molecule has 4 heteroatoms. The third kappa shape index (κ3) is 3.23. The van der Waals surface area contributed by atoms with Crippen LogP contribution in [0.5, 0.6) is 17.2 Å². The summed E-state index contributed by atoms with van der Waals surface area (Å²) in [6.45, 7) is 4.85. The molecule has 1 aromatic carbocycles. The van der Waals surface area contributed by atoms with Gasteiger partial charge in [-0.25, -0.2) is 0 Å². The minimum absolute atomic E-state index is 0.388. The molecule has 0 amide bonds. The topological polar surface area (TPSA) is 57.4 Å². The second kappa shape index (κ2) is 6.20. The molecular weight excluding hydrogens is 240 g/mol. The zero-order valence-electron chi connectivity index (χ0n) is 11.2. The number of nitrogens with two attached hydrogens (primary N) is 1. The molecule has 0 aliphatic rings. The van der Waals surface area contributed by atoms with Gasteiger partial charge in [-0.3, -0.25) is 4.98 Å². The van der Waals surface area contributed by atoms with Crippen LogP contribution in [0.4, 0.5) is 0 Å². The number of rotatable bonds is 5. The predicted octanol–water partition coefficient (Wildman–Crippen LogP) is 3.04. The molecule has 0 aliphatic heterocycles. The van der Waals surface area contributed by atoms with E-state index in [0.717, 1.165) is 22.8 Å². The molecule has 1 heterocycles. The number of pyridine rings is 1. The summed E-state index contributed by atoms with van der Waals surface area (Å²) >= 11 is 0. The van der Waals surface area contributed by atoms with Gasteiger partial charge in [0.1, 0.15) is 5.75 Å². The Bertz CT molecular complexity index is 556. The first-order chi connectivity index (χ1) is 9.24. The van der Waals surface area contributed by atoms with Crippen LogP contribution >= 0.6 is 0 Å². The van der Waals surface area contributed by atoms with Crippen molar-refractivity contribution < 1.29 is 9.47 Å². The maximum absolute atomic E-state index is 5.92. The number of aryl methyl sites for hydroxylation is 1. The third-order valence-corrected chi connectivity index (χ3v) is 2.67. The van der Waals surface area contributed by atoms with Gasteiger partial charge in [-0.15, -0.1) is 0 Å². The van der Waals surface area contributed by atoms with E-state index in [2.05, 4.69) is 4.98 Å². The van der Waals surface area contributed by atoms with Crippen LogP contribution in [0.3, 0.4) is 0 Å². The summed E-state index contributed by atoms with van der Waals surface area (Å²) in [5, 5.41) is 0. The van der Waals surface area contributed by atoms with Crippen molar-refractivity contribution in [2.24, 2.45) is 5.73 Å². The van der Waals surface area contributed by atoms with Crippen LogP contribution < -0.4 is 15.2 Å². The third-order valence-electron chi connectivity index (χ3n) is 2.67. The first kappa shape index (κ1) is 13.4. The molecule has 0 spiro atoms. The Balaban J connectivity index is 2.33. The number of benzene rings is 1. The summed E-state index contributed by atoms with van der Waals surface area (Å²) in [5.74, 6) is 2.13. The molecule has 0 saturated carbocycles. The lowest BCUT2D eigenvalue weighted by molar-refractivity contribution is 0.321. The number of ether oxygens (including phenoxy) is 2. The Kier molecular flexibility index (Phi) is 4.36. The summed E-state index contributed by atoms with van der Waals surface area (Å²) in [6, 6.07) is 9.47.